The van der Waals surface area contributed by atoms with Crippen LogP contribution in [0.25, 0.3) is 24.3 Å². The van der Waals surface area contributed by atoms with Crippen LogP contribution in [-0.4, -0.2) is 0 Å². The Hall–Kier alpha value is -3.84. The summed E-state index contributed by atoms with van der Waals surface area (Å²) in [5, 5.41) is 0. The summed E-state index contributed by atoms with van der Waals surface area (Å²) in [6.07, 6.45) is 18.7. The smallest absolute Gasteiger partial charge is 0.127 e. The van der Waals surface area contributed by atoms with Gasteiger partial charge in [-0.1, -0.05) is 137 Å². The Morgan fingerprint density at radius 2 is 0.718 bits per heavy atom. The number of hydrogen-bond donors (Lipinski definition) is 0. The number of hydrogen-bond acceptors (Lipinski definition) is 1. The SMILES string of the molecule is CCCCCc1ccc(/C=C/c2ccc(Oc3ccc(/C=C/c4ccc(CCCCC)cc4)cc3)cc2)cc1. The fraction of sp³-hybridized carbons (Fsp3) is 0.263. The van der Waals surface area contributed by atoms with Crippen molar-refractivity contribution in [3.63, 3.8) is 0 Å². The molecule has 0 saturated carbocycles. The Morgan fingerprint density at radius 3 is 1.03 bits per heavy atom. The normalized spacial score (nSPS) is 11.4. The van der Waals surface area contributed by atoms with Crippen molar-refractivity contribution in [2.75, 3.05) is 0 Å². The molecule has 0 fully saturated rings. The fourth-order valence-corrected chi connectivity index (χ4v) is 4.56. The third-order valence-corrected chi connectivity index (χ3v) is 7.03. The van der Waals surface area contributed by atoms with E-state index in [1.165, 1.54) is 73.6 Å². The summed E-state index contributed by atoms with van der Waals surface area (Å²) in [7, 11) is 0. The predicted molar refractivity (Wildman–Crippen MR) is 170 cm³/mol. The number of ether oxygens (including phenoxy) is 1. The van der Waals surface area contributed by atoms with Crippen LogP contribution < -0.4 is 4.74 Å². The van der Waals surface area contributed by atoms with E-state index < -0.39 is 0 Å². The van der Waals surface area contributed by atoms with E-state index in [-0.39, 0.29) is 0 Å². The minimum atomic E-state index is 0.839. The predicted octanol–water partition coefficient (Wildman–Crippen LogP) is 11.3. The van der Waals surface area contributed by atoms with Gasteiger partial charge in [0.25, 0.3) is 0 Å². The molecule has 0 spiro atoms. The van der Waals surface area contributed by atoms with Gasteiger partial charge >= 0.3 is 0 Å². The lowest BCUT2D eigenvalue weighted by molar-refractivity contribution is 0.482. The van der Waals surface area contributed by atoms with Crippen LogP contribution in [0.4, 0.5) is 0 Å². The second-order valence-corrected chi connectivity index (χ2v) is 10.3. The molecule has 0 amide bonds. The van der Waals surface area contributed by atoms with E-state index in [4.69, 9.17) is 4.74 Å². The average Bonchev–Trinajstić information content (AvgIpc) is 2.98. The Balaban J connectivity index is 1.26. The van der Waals surface area contributed by atoms with Crippen LogP contribution in [0.5, 0.6) is 11.5 Å². The fourth-order valence-electron chi connectivity index (χ4n) is 4.56. The van der Waals surface area contributed by atoms with Crippen molar-refractivity contribution in [3.05, 3.63) is 130 Å². The first-order valence-electron chi connectivity index (χ1n) is 14.6. The second-order valence-electron chi connectivity index (χ2n) is 10.3. The third-order valence-electron chi connectivity index (χ3n) is 7.03. The van der Waals surface area contributed by atoms with Crippen LogP contribution >= 0.6 is 0 Å². The van der Waals surface area contributed by atoms with Crippen LogP contribution in [-0.2, 0) is 12.8 Å². The highest BCUT2D eigenvalue weighted by atomic mass is 16.5. The van der Waals surface area contributed by atoms with Gasteiger partial charge < -0.3 is 4.74 Å². The summed E-state index contributed by atoms with van der Waals surface area (Å²) in [4.78, 5) is 0. The molecule has 4 rings (SSSR count). The van der Waals surface area contributed by atoms with Crippen molar-refractivity contribution in [3.8, 4) is 11.5 Å². The number of benzene rings is 4. The average molecular weight is 515 g/mol. The molecule has 4 aromatic carbocycles. The summed E-state index contributed by atoms with van der Waals surface area (Å²) in [5.41, 5.74) is 7.61. The van der Waals surface area contributed by atoms with Crippen LogP contribution in [0.3, 0.4) is 0 Å². The molecule has 0 aliphatic rings. The monoisotopic (exact) mass is 514 g/mol. The summed E-state index contributed by atoms with van der Waals surface area (Å²) < 4.78 is 6.07. The van der Waals surface area contributed by atoms with Gasteiger partial charge in [-0.3, -0.25) is 0 Å². The van der Waals surface area contributed by atoms with Gasteiger partial charge in [-0.25, -0.2) is 0 Å². The number of unbranched alkanes of at least 4 members (excludes halogenated alkanes) is 4. The number of rotatable bonds is 14. The number of aryl methyl sites for hydroxylation is 2. The molecule has 0 saturated heterocycles. The first-order valence-corrected chi connectivity index (χ1v) is 14.6. The lowest BCUT2D eigenvalue weighted by Crippen LogP contribution is -1.85. The Kier molecular flexibility index (Phi) is 11.2. The Morgan fingerprint density at radius 1 is 0.410 bits per heavy atom. The van der Waals surface area contributed by atoms with Gasteiger partial charge in [0.15, 0.2) is 0 Å². The van der Waals surface area contributed by atoms with Crippen LogP contribution in [0.2, 0.25) is 0 Å². The molecule has 0 heterocycles. The van der Waals surface area contributed by atoms with Crippen molar-refractivity contribution in [2.24, 2.45) is 0 Å². The van der Waals surface area contributed by atoms with E-state index in [0.29, 0.717) is 0 Å². The topological polar surface area (TPSA) is 9.23 Å². The zero-order chi connectivity index (χ0) is 27.1. The van der Waals surface area contributed by atoms with Crippen molar-refractivity contribution >= 4 is 24.3 Å². The van der Waals surface area contributed by atoms with Crippen molar-refractivity contribution in [2.45, 2.75) is 65.2 Å². The highest BCUT2D eigenvalue weighted by Crippen LogP contribution is 2.23. The van der Waals surface area contributed by atoms with E-state index in [9.17, 15) is 0 Å². The van der Waals surface area contributed by atoms with E-state index in [1.807, 2.05) is 24.3 Å². The molecular formula is C38H42O. The zero-order valence-electron chi connectivity index (χ0n) is 23.6. The molecule has 0 aliphatic carbocycles. The first-order chi connectivity index (χ1) is 19.2. The molecule has 0 radical (unpaired) electrons. The molecule has 39 heavy (non-hydrogen) atoms. The Labute approximate surface area is 235 Å². The van der Waals surface area contributed by atoms with Crippen LogP contribution in [0, 0.1) is 0 Å². The highest BCUT2D eigenvalue weighted by molar-refractivity contribution is 5.71. The molecular weight excluding hydrogens is 472 g/mol. The van der Waals surface area contributed by atoms with Gasteiger partial charge in [0, 0.05) is 0 Å². The van der Waals surface area contributed by atoms with Gasteiger partial charge in [-0.2, -0.15) is 0 Å². The maximum Gasteiger partial charge on any atom is 0.127 e. The molecule has 200 valence electrons. The second kappa shape index (κ2) is 15.5. The molecule has 0 unspecified atom stereocenters. The van der Waals surface area contributed by atoms with Crippen LogP contribution in [0.15, 0.2) is 97.1 Å². The first kappa shape index (κ1) is 28.2. The van der Waals surface area contributed by atoms with E-state index in [2.05, 4.69) is 111 Å². The minimum absolute atomic E-state index is 0.839. The van der Waals surface area contributed by atoms with Gasteiger partial charge in [0.1, 0.15) is 11.5 Å². The molecule has 0 N–H and O–H groups in total. The van der Waals surface area contributed by atoms with Crippen molar-refractivity contribution in [1.82, 2.24) is 0 Å². The molecule has 1 nitrogen and oxygen atoms in total. The lowest BCUT2D eigenvalue weighted by atomic mass is 10.0. The zero-order valence-corrected chi connectivity index (χ0v) is 23.6. The maximum atomic E-state index is 6.07. The Bertz CT molecular complexity index is 1190. The summed E-state index contributed by atoms with van der Waals surface area (Å²) in [5.74, 6) is 1.68. The lowest BCUT2D eigenvalue weighted by Gasteiger charge is -2.06. The highest BCUT2D eigenvalue weighted by Gasteiger charge is 1.99. The largest absolute Gasteiger partial charge is 0.457 e. The molecule has 0 bridgehead atoms. The van der Waals surface area contributed by atoms with E-state index >= 15 is 0 Å². The van der Waals surface area contributed by atoms with Crippen molar-refractivity contribution in [1.29, 1.82) is 0 Å². The van der Waals surface area contributed by atoms with Gasteiger partial charge in [0.05, 0.1) is 0 Å². The standard InChI is InChI=1S/C38H42O/c1-3-5-7-9-31-11-15-33(16-12-31)19-21-35-23-27-37(28-24-35)39-38-29-25-36(26-30-38)22-20-34-17-13-32(14-18-34)10-8-6-4-2/h11-30H,3-10H2,1-2H3/b21-19+,22-20+. The molecule has 0 atom stereocenters. The summed E-state index contributed by atoms with van der Waals surface area (Å²) >= 11 is 0. The van der Waals surface area contributed by atoms with Gasteiger partial charge in [0.2, 0.25) is 0 Å². The van der Waals surface area contributed by atoms with E-state index in [0.717, 1.165) is 22.6 Å². The summed E-state index contributed by atoms with van der Waals surface area (Å²) in [6.45, 7) is 4.50. The molecule has 0 aromatic heterocycles. The van der Waals surface area contributed by atoms with Gasteiger partial charge in [-0.15, -0.1) is 0 Å². The van der Waals surface area contributed by atoms with Gasteiger partial charge in [-0.05, 0) is 83.3 Å². The minimum Gasteiger partial charge on any atom is -0.457 e. The molecule has 1 heteroatoms. The molecule has 4 aromatic rings. The quantitative estimate of drug-likeness (QED) is 0.120. The third kappa shape index (κ3) is 9.76. The maximum absolute atomic E-state index is 6.07. The summed E-state index contributed by atoms with van der Waals surface area (Å²) in [6, 6.07) is 34.3. The van der Waals surface area contributed by atoms with Crippen molar-refractivity contribution < 1.29 is 4.74 Å². The van der Waals surface area contributed by atoms with E-state index in [1.54, 1.807) is 0 Å². The van der Waals surface area contributed by atoms with Crippen LogP contribution in [0.1, 0.15) is 85.8 Å². The molecule has 0 aliphatic heterocycles.